The summed E-state index contributed by atoms with van der Waals surface area (Å²) in [7, 11) is 1.79. The Bertz CT molecular complexity index is 735. The Morgan fingerprint density at radius 1 is 1.32 bits per heavy atom. The zero-order valence-electron chi connectivity index (χ0n) is 10.0. The van der Waals surface area contributed by atoms with Gasteiger partial charge in [0.1, 0.15) is 11.7 Å². The molecule has 3 rings (SSSR count). The van der Waals surface area contributed by atoms with Crippen LogP contribution >= 0.6 is 11.6 Å². The molecule has 0 unspecified atom stereocenters. The highest BCUT2D eigenvalue weighted by molar-refractivity contribution is 6.32. The summed E-state index contributed by atoms with van der Waals surface area (Å²) in [6, 6.07) is 5.17. The summed E-state index contributed by atoms with van der Waals surface area (Å²) in [5, 5.41) is 5.24. The Morgan fingerprint density at radius 2 is 2.16 bits per heavy atom. The van der Waals surface area contributed by atoms with Crippen LogP contribution in [0.1, 0.15) is 0 Å². The first-order valence-corrected chi connectivity index (χ1v) is 5.89. The van der Waals surface area contributed by atoms with E-state index in [9.17, 15) is 0 Å². The minimum Gasteiger partial charge on any atom is -0.434 e. The summed E-state index contributed by atoms with van der Waals surface area (Å²) in [5.74, 6) is 0.755. The monoisotopic (exact) mass is 275 g/mol. The first-order chi connectivity index (χ1) is 9.16. The van der Waals surface area contributed by atoms with E-state index in [-0.39, 0.29) is 0 Å². The number of halogens is 1. The maximum absolute atomic E-state index is 6.07. The van der Waals surface area contributed by atoms with E-state index < -0.39 is 0 Å². The number of nitrogens with two attached hydrogens (primary N) is 1. The molecule has 0 saturated heterocycles. The molecule has 0 aliphatic rings. The van der Waals surface area contributed by atoms with Gasteiger partial charge in [0.2, 0.25) is 5.88 Å². The van der Waals surface area contributed by atoms with Crippen LogP contribution in [0.5, 0.6) is 11.6 Å². The van der Waals surface area contributed by atoms with Gasteiger partial charge in [-0.25, -0.2) is 9.97 Å². The first-order valence-electron chi connectivity index (χ1n) is 5.51. The molecule has 0 atom stereocenters. The average molecular weight is 276 g/mol. The number of aromatic nitrogens is 4. The lowest BCUT2D eigenvalue weighted by Gasteiger charge is -2.09. The maximum atomic E-state index is 6.07. The summed E-state index contributed by atoms with van der Waals surface area (Å²) in [6.45, 7) is 0. The van der Waals surface area contributed by atoms with Crippen LogP contribution in [0, 0.1) is 0 Å². The highest BCUT2D eigenvalue weighted by Gasteiger charge is 2.13. The molecular weight excluding hydrogens is 266 g/mol. The molecule has 0 aliphatic carbocycles. The lowest BCUT2D eigenvalue weighted by molar-refractivity contribution is 0.470. The van der Waals surface area contributed by atoms with Gasteiger partial charge in [0.05, 0.1) is 16.9 Å². The van der Waals surface area contributed by atoms with E-state index >= 15 is 0 Å². The third-order valence-corrected chi connectivity index (χ3v) is 2.99. The van der Waals surface area contributed by atoms with Crippen molar-refractivity contribution in [3.8, 4) is 11.6 Å². The van der Waals surface area contributed by atoms with Crippen molar-refractivity contribution in [1.82, 2.24) is 19.7 Å². The number of anilines is 1. The van der Waals surface area contributed by atoms with Gasteiger partial charge >= 0.3 is 0 Å². The number of ether oxygens (including phenoxy) is 1. The molecule has 6 nitrogen and oxygen atoms in total. The molecule has 0 aliphatic heterocycles. The van der Waals surface area contributed by atoms with Gasteiger partial charge in [-0.2, -0.15) is 5.10 Å². The molecule has 96 valence electrons. The fraction of sp³-hybridized carbons (Fsp3) is 0.0833. The van der Waals surface area contributed by atoms with Crippen LogP contribution in [-0.2, 0) is 7.05 Å². The van der Waals surface area contributed by atoms with E-state index in [1.165, 1.54) is 6.33 Å². The molecule has 0 saturated carbocycles. The third-order valence-electron chi connectivity index (χ3n) is 2.69. The molecule has 19 heavy (non-hydrogen) atoms. The van der Waals surface area contributed by atoms with Crippen molar-refractivity contribution >= 4 is 28.3 Å². The Hall–Kier alpha value is -2.34. The van der Waals surface area contributed by atoms with E-state index in [1.807, 2.05) is 0 Å². The predicted octanol–water partition coefficient (Wildman–Crippen LogP) is 2.39. The van der Waals surface area contributed by atoms with Gasteiger partial charge in [-0.15, -0.1) is 0 Å². The van der Waals surface area contributed by atoms with Gasteiger partial charge < -0.3 is 10.5 Å². The number of benzene rings is 1. The minimum absolute atomic E-state index is 0.373. The number of fused-ring (bicyclic) bond motifs is 1. The number of hydrogen-bond donors (Lipinski definition) is 1. The minimum atomic E-state index is 0.373. The highest BCUT2D eigenvalue weighted by Crippen LogP contribution is 2.35. The summed E-state index contributed by atoms with van der Waals surface area (Å²) in [5.41, 5.74) is 6.97. The molecular formula is C12H10ClN5O. The van der Waals surface area contributed by atoms with Crippen molar-refractivity contribution in [3.05, 3.63) is 35.7 Å². The number of para-hydroxylation sites is 1. The van der Waals surface area contributed by atoms with Gasteiger partial charge in [0.25, 0.3) is 0 Å². The summed E-state index contributed by atoms with van der Waals surface area (Å²) >= 11 is 6.07. The van der Waals surface area contributed by atoms with Gasteiger partial charge in [-0.3, -0.25) is 4.68 Å². The smallest absolute Gasteiger partial charge is 0.233 e. The second-order valence-corrected chi connectivity index (χ2v) is 4.35. The van der Waals surface area contributed by atoms with E-state index in [2.05, 4.69) is 15.1 Å². The fourth-order valence-electron chi connectivity index (χ4n) is 1.75. The van der Waals surface area contributed by atoms with Crippen molar-refractivity contribution in [1.29, 1.82) is 0 Å². The van der Waals surface area contributed by atoms with Gasteiger partial charge in [-0.1, -0.05) is 17.7 Å². The Labute approximate surface area is 113 Å². The Balaban J connectivity index is 2.11. The lowest BCUT2D eigenvalue weighted by atomic mass is 10.3. The number of nitrogen functional groups attached to an aromatic ring is 1. The lowest BCUT2D eigenvalue weighted by Crippen LogP contribution is -1.96. The summed E-state index contributed by atoms with van der Waals surface area (Å²) < 4.78 is 7.34. The molecule has 7 heteroatoms. The molecule has 1 aromatic carbocycles. The predicted molar refractivity (Wildman–Crippen MR) is 72.2 cm³/mol. The van der Waals surface area contributed by atoms with Gasteiger partial charge in [0, 0.05) is 7.05 Å². The molecule has 2 heterocycles. The SMILES string of the molecule is Cn1ncc2c(Oc3c(N)cccc3Cl)ncnc21. The number of hydrogen-bond acceptors (Lipinski definition) is 5. The van der Waals surface area contributed by atoms with E-state index in [0.717, 1.165) is 0 Å². The summed E-state index contributed by atoms with van der Waals surface area (Å²) in [4.78, 5) is 8.23. The summed E-state index contributed by atoms with van der Waals surface area (Å²) in [6.07, 6.45) is 3.05. The van der Waals surface area contributed by atoms with Crippen LogP contribution in [0.15, 0.2) is 30.7 Å². The molecule has 0 radical (unpaired) electrons. The number of nitrogens with zero attached hydrogens (tertiary/aromatic N) is 4. The zero-order valence-corrected chi connectivity index (χ0v) is 10.8. The molecule has 0 amide bonds. The van der Waals surface area contributed by atoms with Gasteiger partial charge in [-0.05, 0) is 12.1 Å². The molecule has 0 spiro atoms. The van der Waals surface area contributed by atoms with Crippen LogP contribution in [0.2, 0.25) is 5.02 Å². The highest BCUT2D eigenvalue weighted by atomic mass is 35.5. The van der Waals surface area contributed by atoms with E-state index in [1.54, 1.807) is 36.1 Å². The Morgan fingerprint density at radius 3 is 2.95 bits per heavy atom. The number of aryl methyl sites for hydroxylation is 1. The van der Waals surface area contributed by atoms with Crippen molar-refractivity contribution in [2.75, 3.05) is 5.73 Å². The van der Waals surface area contributed by atoms with Crippen LogP contribution < -0.4 is 10.5 Å². The van der Waals surface area contributed by atoms with Crippen LogP contribution in [0.25, 0.3) is 11.0 Å². The second kappa shape index (κ2) is 4.40. The van der Waals surface area contributed by atoms with E-state index in [4.69, 9.17) is 22.1 Å². The number of rotatable bonds is 2. The standard InChI is InChI=1S/C12H10ClN5O/c1-18-11-7(5-17-18)12(16-6-15-11)19-10-8(13)3-2-4-9(10)14/h2-6H,14H2,1H3. The van der Waals surface area contributed by atoms with Crippen molar-refractivity contribution in [3.63, 3.8) is 0 Å². The van der Waals surface area contributed by atoms with Crippen LogP contribution in [-0.4, -0.2) is 19.7 Å². The van der Waals surface area contributed by atoms with Crippen molar-refractivity contribution < 1.29 is 4.74 Å². The third kappa shape index (κ3) is 1.96. The van der Waals surface area contributed by atoms with Crippen LogP contribution in [0.4, 0.5) is 5.69 Å². The quantitative estimate of drug-likeness (QED) is 0.727. The normalized spacial score (nSPS) is 10.8. The molecule has 2 N–H and O–H groups in total. The van der Waals surface area contributed by atoms with E-state index in [0.29, 0.717) is 33.4 Å². The zero-order chi connectivity index (χ0) is 13.4. The largest absolute Gasteiger partial charge is 0.434 e. The van der Waals surface area contributed by atoms with Gasteiger partial charge in [0.15, 0.2) is 11.4 Å². The fourth-order valence-corrected chi connectivity index (χ4v) is 1.97. The molecule has 0 bridgehead atoms. The molecule has 3 aromatic rings. The molecule has 2 aromatic heterocycles. The first kappa shape index (κ1) is 11.7. The molecule has 0 fully saturated rings. The maximum Gasteiger partial charge on any atom is 0.233 e. The van der Waals surface area contributed by atoms with Crippen molar-refractivity contribution in [2.45, 2.75) is 0 Å². The average Bonchev–Trinajstić information content (AvgIpc) is 2.77. The van der Waals surface area contributed by atoms with Crippen molar-refractivity contribution in [2.24, 2.45) is 7.05 Å². The Kier molecular flexibility index (Phi) is 2.72. The second-order valence-electron chi connectivity index (χ2n) is 3.94. The topological polar surface area (TPSA) is 78.9 Å². The van der Waals surface area contributed by atoms with Crippen LogP contribution in [0.3, 0.4) is 0 Å².